The minimum Gasteiger partial charge on any atom is -0.477 e. The van der Waals surface area contributed by atoms with Crippen LogP contribution in [-0.4, -0.2) is 31.2 Å². The second-order valence-corrected chi connectivity index (χ2v) is 22.6. The maximum atomic E-state index is 10.3. The molecule has 210 valence electrons. The first kappa shape index (κ1) is 50.8. The predicted molar refractivity (Wildman–Crippen MR) is 189 cm³/mol. The topological polar surface area (TPSA) is 93.0 Å². The van der Waals surface area contributed by atoms with Crippen LogP contribution in [0.25, 0.3) is 0 Å². The van der Waals surface area contributed by atoms with Crippen molar-refractivity contribution >= 4 is 217 Å². The Morgan fingerprint density at radius 1 is 0.838 bits per heavy atom. The number of thiazole rings is 3. The number of hydrogen-bond donors (Lipinski definition) is 1. The van der Waals surface area contributed by atoms with Crippen LogP contribution in [0.4, 0.5) is 0 Å². The minimum atomic E-state index is -1.40. The van der Waals surface area contributed by atoms with Gasteiger partial charge in [0.1, 0.15) is 9.69 Å². The molecule has 0 aliphatic heterocycles. The van der Waals surface area contributed by atoms with Gasteiger partial charge in [-0.15, -0.1) is 11.3 Å². The largest absolute Gasteiger partial charge is 0.477 e. The summed E-state index contributed by atoms with van der Waals surface area (Å²) < 4.78 is 0.311. The van der Waals surface area contributed by atoms with Crippen LogP contribution in [0, 0.1) is 12.4 Å². The van der Waals surface area contributed by atoms with Crippen LogP contribution in [0.2, 0.25) is 13.4 Å². The van der Waals surface area contributed by atoms with Gasteiger partial charge in [0.15, 0.2) is 13.4 Å². The van der Waals surface area contributed by atoms with E-state index in [1.807, 2.05) is 22.6 Å². The number of carbonyl (C=O) groups is 2. The van der Waals surface area contributed by atoms with E-state index in [9.17, 15) is 9.59 Å². The summed E-state index contributed by atoms with van der Waals surface area (Å²) in [6, 6.07) is 0. The molecule has 0 atom stereocenters. The average Bonchev–Trinajstić information content (AvgIpc) is 3.45. The summed E-state index contributed by atoms with van der Waals surface area (Å²) >= 11 is 49.9. The van der Waals surface area contributed by atoms with E-state index >= 15 is 0 Å². The summed E-state index contributed by atoms with van der Waals surface area (Å²) in [7, 11) is 0. The number of carboxylic acid groups (broad SMARTS) is 1. The summed E-state index contributed by atoms with van der Waals surface area (Å²) in [6.45, 7) is 0. The first-order chi connectivity index (χ1) is 15.6. The molecule has 0 saturated carbocycles. The Bertz CT molecular complexity index is 962. The maximum absolute atomic E-state index is 10.3. The quantitative estimate of drug-likeness (QED) is 0.119. The fourth-order valence-corrected chi connectivity index (χ4v) is 4.09. The van der Waals surface area contributed by atoms with Crippen molar-refractivity contribution in [2.75, 3.05) is 0 Å². The molecular formula is C15H10Cl7I4N3O3S3V2-2. The monoisotopic (exact) mass is 1230 g/mol. The first-order valence-electron chi connectivity index (χ1n) is 7.16. The molecule has 0 aliphatic rings. The summed E-state index contributed by atoms with van der Waals surface area (Å²) in [5.74, 6) is -0.987. The normalized spacial score (nSPS) is 9.00. The molecule has 0 aliphatic carbocycles. The Morgan fingerprint density at radius 2 is 1.16 bits per heavy atom. The zero-order valence-corrected chi connectivity index (χ0v) is 36.6. The van der Waals surface area contributed by atoms with E-state index in [1.54, 1.807) is 0 Å². The molecule has 2 radical (unpaired) electrons. The number of hydrogen-bond acceptors (Lipinski definition) is 8. The molecule has 22 heteroatoms. The van der Waals surface area contributed by atoms with Crippen LogP contribution in [0.3, 0.4) is 0 Å². The van der Waals surface area contributed by atoms with Crippen LogP contribution >= 0.6 is 206 Å². The van der Waals surface area contributed by atoms with E-state index in [0.717, 1.165) is 33.9 Å². The number of carbonyl (C=O) groups excluding carboxylic acids is 1. The van der Waals surface area contributed by atoms with Gasteiger partial charge >= 0.3 is 5.97 Å². The third-order valence-corrected chi connectivity index (χ3v) is 6.83. The summed E-state index contributed by atoms with van der Waals surface area (Å²) in [5.41, 5.74) is 0. The van der Waals surface area contributed by atoms with Gasteiger partial charge in [0.25, 0.3) is 5.24 Å². The zero-order chi connectivity index (χ0) is 27.1. The number of halogens is 11. The molecule has 0 spiro atoms. The maximum Gasteiger partial charge on any atom is 0.347 e. The zero-order valence-electron chi connectivity index (χ0n) is 17.4. The van der Waals surface area contributed by atoms with E-state index in [-0.39, 0.29) is 53.9 Å². The van der Waals surface area contributed by atoms with Crippen molar-refractivity contribution in [1.82, 2.24) is 15.0 Å². The Labute approximate surface area is 340 Å². The second kappa shape index (κ2) is 28.9. The molecule has 0 fully saturated rings. The van der Waals surface area contributed by atoms with Crippen molar-refractivity contribution in [3.63, 3.8) is 0 Å². The number of aromatic nitrogens is 3. The van der Waals surface area contributed by atoms with Crippen LogP contribution < -0.4 is 0 Å². The molecule has 0 saturated heterocycles. The van der Waals surface area contributed by atoms with Crippen LogP contribution in [0.1, 0.15) is 24.2 Å². The summed E-state index contributed by atoms with van der Waals surface area (Å²) in [5, 5.41) is 7.80. The van der Waals surface area contributed by atoms with E-state index < -0.39 is 15.0 Å². The smallest absolute Gasteiger partial charge is 0.347 e. The van der Waals surface area contributed by atoms with Crippen molar-refractivity contribution < 1.29 is 51.8 Å². The van der Waals surface area contributed by atoms with Gasteiger partial charge in [-0.25, -0.2) is 19.7 Å². The SMILES string of the molecule is Clc1ncc(C(Cl)(Cl)Cl)s1.IC(I)I.O=C(Cl)c1cnc(Cl)s1.O=C(O)c1cnc(Cl)s1.[CH2-]I.[CH3-].[V].[V]. The molecule has 1 N–H and O–H groups in total. The molecule has 0 amide bonds. The van der Waals surface area contributed by atoms with Crippen molar-refractivity contribution in [3.05, 3.63) is 59.0 Å². The van der Waals surface area contributed by atoms with Crippen molar-refractivity contribution in [2.24, 2.45) is 0 Å². The third-order valence-electron chi connectivity index (χ3n) is 2.12. The van der Waals surface area contributed by atoms with Crippen molar-refractivity contribution in [3.8, 4) is 0 Å². The Balaban J connectivity index is -0.000000121. The molecule has 0 aromatic carbocycles. The molecule has 0 bridgehead atoms. The standard InChI is InChI=1S/C4HCl4NS.C4HCl2NOS.C4H2ClNO2S.CHI3.CH2I.CH3.2V/c5-3-9-1-2(10-3)4(6,7)8;5-3(8)2-1-7-4(6)9-2;5-4-6-1-2(9-4)3(7)8;2-1(3)4;1-2;;;/h1H;1H;1H,(H,7,8);1H;1H2;1H3;;/q;;;;2*-1;;. The fourth-order valence-electron chi connectivity index (χ4n) is 1.08. The average molecular weight is 1230 g/mol. The number of carboxylic acids is 1. The van der Waals surface area contributed by atoms with Gasteiger partial charge in [-0.1, -0.05) is 160 Å². The number of rotatable bonds is 2. The number of nitrogens with zero attached hydrogens (tertiary/aromatic N) is 3. The van der Waals surface area contributed by atoms with Crippen LogP contribution in [0.5, 0.6) is 0 Å². The number of alkyl halides is 6. The Morgan fingerprint density at radius 3 is 1.30 bits per heavy atom. The fraction of sp³-hybridized carbons (Fsp3) is 0.133. The Kier molecular flexibility index (Phi) is 39.6. The Hall–Kier alpha value is 4.15. The van der Waals surface area contributed by atoms with E-state index in [2.05, 4.69) is 87.7 Å². The molecule has 3 heterocycles. The van der Waals surface area contributed by atoms with Crippen molar-refractivity contribution in [1.29, 1.82) is 0 Å². The molecular weight excluding hydrogens is 1220 g/mol. The molecule has 0 unspecified atom stereocenters. The van der Waals surface area contributed by atoms with Crippen LogP contribution in [-0.2, 0) is 40.9 Å². The number of aromatic carboxylic acids is 1. The summed E-state index contributed by atoms with van der Waals surface area (Å²) in [6.07, 6.45) is 4.03. The van der Waals surface area contributed by atoms with E-state index in [1.165, 1.54) is 18.6 Å². The van der Waals surface area contributed by atoms with Crippen molar-refractivity contribution in [2.45, 2.75) is 3.73 Å². The third kappa shape index (κ3) is 28.7. The molecule has 3 rings (SSSR count). The van der Waals surface area contributed by atoms with Crippen LogP contribution in [0.15, 0.2) is 18.6 Å². The molecule has 6 nitrogen and oxygen atoms in total. The summed E-state index contributed by atoms with van der Waals surface area (Å²) in [4.78, 5) is 35.6. The second-order valence-electron chi connectivity index (χ2n) is 4.26. The van der Waals surface area contributed by atoms with Gasteiger partial charge < -0.3 is 35.1 Å². The van der Waals surface area contributed by atoms with Gasteiger partial charge in [0.05, 0.1) is 17.3 Å². The van der Waals surface area contributed by atoms with E-state index in [0.29, 0.717) is 18.7 Å². The van der Waals surface area contributed by atoms with Gasteiger partial charge in [-0.3, -0.25) is 9.73 Å². The minimum absolute atomic E-state index is 0. The first-order valence-corrected chi connectivity index (χ1v) is 17.5. The van der Waals surface area contributed by atoms with E-state index in [4.69, 9.17) is 86.3 Å². The van der Waals surface area contributed by atoms with Gasteiger partial charge in [-0.2, -0.15) is 0 Å². The molecule has 3 aromatic heterocycles. The van der Waals surface area contributed by atoms with Gasteiger partial charge in [0, 0.05) is 43.3 Å². The van der Waals surface area contributed by atoms with Gasteiger partial charge in [-0.05, 0) is 11.6 Å². The molecule has 3 aromatic rings. The molecule has 37 heavy (non-hydrogen) atoms. The van der Waals surface area contributed by atoms with Gasteiger partial charge in [0.2, 0.25) is 3.79 Å². The predicted octanol–water partition coefficient (Wildman–Crippen LogP) is 11.5.